The first-order chi connectivity index (χ1) is 11.6. The number of nitrogens with one attached hydrogen (secondary N) is 2. The number of hydrogen-bond acceptors (Lipinski definition) is 5. The number of non-ortho nitro benzene ring substituents is 1. The van der Waals surface area contributed by atoms with Crippen LogP contribution in [0.5, 0.6) is 0 Å². The Balaban J connectivity index is 1.99. The highest BCUT2D eigenvalue weighted by atomic mass is 19.1. The quantitative estimate of drug-likeness (QED) is 0.431. The maximum Gasteiger partial charge on any atom is 0.292 e. The van der Waals surface area contributed by atoms with Crippen molar-refractivity contribution in [3.05, 3.63) is 74.8 Å². The molecule has 2 N–H and O–H groups in total. The van der Waals surface area contributed by atoms with Crippen LogP contribution in [-0.2, 0) is 0 Å². The van der Waals surface area contributed by atoms with Crippen LogP contribution in [0.1, 0.15) is 0 Å². The third-order valence-electron chi connectivity index (χ3n) is 3.23. The molecular formula is C15H10FN5O3. The highest BCUT2D eigenvalue weighted by Crippen LogP contribution is 2.28. The van der Waals surface area contributed by atoms with Crippen LogP contribution in [0.4, 0.5) is 21.5 Å². The lowest BCUT2D eigenvalue weighted by atomic mass is 10.1. The molecule has 0 amide bonds. The van der Waals surface area contributed by atoms with Gasteiger partial charge in [-0.1, -0.05) is 12.1 Å². The molecule has 0 aliphatic rings. The lowest BCUT2D eigenvalue weighted by Gasteiger charge is -1.99. The molecule has 0 radical (unpaired) electrons. The monoisotopic (exact) mass is 327 g/mol. The van der Waals surface area contributed by atoms with Crippen LogP contribution in [0.3, 0.4) is 0 Å². The fourth-order valence-electron chi connectivity index (χ4n) is 2.04. The summed E-state index contributed by atoms with van der Waals surface area (Å²) in [5.41, 5.74) is 0.130. The summed E-state index contributed by atoms with van der Waals surface area (Å²) in [5, 5.41) is 23.2. The predicted molar refractivity (Wildman–Crippen MR) is 84.1 cm³/mol. The zero-order valence-corrected chi connectivity index (χ0v) is 12.1. The van der Waals surface area contributed by atoms with E-state index in [4.69, 9.17) is 0 Å². The van der Waals surface area contributed by atoms with E-state index < -0.39 is 16.3 Å². The molecule has 1 aromatic heterocycles. The van der Waals surface area contributed by atoms with Gasteiger partial charge >= 0.3 is 0 Å². The van der Waals surface area contributed by atoms with Gasteiger partial charge in [0.2, 0.25) is 0 Å². The van der Waals surface area contributed by atoms with Crippen LogP contribution in [0.2, 0.25) is 0 Å². The molecule has 0 unspecified atom stereocenters. The Kier molecular flexibility index (Phi) is 3.98. The maximum atomic E-state index is 13.6. The fourth-order valence-corrected chi connectivity index (χ4v) is 2.04. The molecule has 9 heteroatoms. The predicted octanol–water partition coefficient (Wildman–Crippen LogP) is 3.83. The average molecular weight is 327 g/mol. The summed E-state index contributed by atoms with van der Waals surface area (Å²) in [7, 11) is 0. The molecule has 2 aromatic carbocycles. The second-order valence-electron chi connectivity index (χ2n) is 4.76. The number of halogens is 1. The number of azo groups is 1. The van der Waals surface area contributed by atoms with E-state index in [1.165, 1.54) is 42.5 Å². The number of rotatable bonds is 4. The summed E-state index contributed by atoms with van der Waals surface area (Å²) in [4.78, 5) is 22.0. The minimum absolute atomic E-state index is 0.00671. The Labute approximate surface area is 133 Å². The average Bonchev–Trinajstić information content (AvgIpc) is 2.95. The highest BCUT2D eigenvalue weighted by Gasteiger charge is 2.13. The first-order valence-corrected chi connectivity index (χ1v) is 6.78. The van der Waals surface area contributed by atoms with Crippen molar-refractivity contribution in [1.29, 1.82) is 0 Å². The van der Waals surface area contributed by atoms with Gasteiger partial charge in [-0.15, -0.1) is 10.2 Å². The SMILES string of the molecule is O=c1[nH][nH]c(-c2ccc([N+](=O)[O-])cc2)c1N=Nc1ccccc1F. The van der Waals surface area contributed by atoms with Gasteiger partial charge in [-0.05, 0) is 24.3 Å². The van der Waals surface area contributed by atoms with E-state index in [1.54, 1.807) is 6.07 Å². The van der Waals surface area contributed by atoms with Crippen LogP contribution >= 0.6 is 0 Å². The molecular weight excluding hydrogens is 317 g/mol. The lowest BCUT2D eigenvalue weighted by Crippen LogP contribution is -1.96. The van der Waals surface area contributed by atoms with E-state index in [1.807, 2.05) is 0 Å². The Morgan fingerprint density at radius 1 is 1.00 bits per heavy atom. The zero-order valence-electron chi connectivity index (χ0n) is 12.1. The van der Waals surface area contributed by atoms with Gasteiger partial charge in [0.15, 0.2) is 11.5 Å². The second kappa shape index (κ2) is 6.24. The maximum absolute atomic E-state index is 13.6. The zero-order chi connectivity index (χ0) is 17.1. The van der Waals surface area contributed by atoms with E-state index in [2.05, 4.69) is 20.4 Å². The molecule has 0 spiro atoms. The summed E-state index contributed by atoms with van der Waals surface area (Å²) < 4.78 is 13.6. The molecule has 3 rings (SSSR count). The van der Waals surface area contributed by atoms with Crippen LogP contribution < -0.4 is 5.56 Å². The van der Waals surface area contributed by atoms with Crippen molar-refractivity contribution < 1.29 is 9.31 Å². The van der Waals surface area contributed by atoms with E-state index in [9.17, 15) is 19.3 Å². The van der Waals surface area contributed by atoms with Crippen molar-refractivity contribution in [1.82, 2.24) is 10.2 Å². The standard InChI is InChI=1S/C15H10FN5O3/c16-11-3-1-2-4-12(11)17-19-14-13(18-20-15(14)22)9-5-7-10(8-6-9)21(23)24/h1-8H,(H2,18,20,22). The molecule has 0 aliphatic carbocycles. The molecule has 8 nitrogen and oxygen atoms in total. The van der Waals surface area contributed by atoms with Gasteiger partial charge in [0.1, 0.15) is 5.69 Å². The number of nitro benzene ring substituents is 1. The van der Waals surface area contributed by atoms with E-state index in [0.29, 0.717) is 11.3 Å². The molecule has 0 fully saturated rings. The van der Waals surface area contributed by atoms with Crippen molar-refractivity contribution >= 4 is 17.1 Å². The normalized spacial score (nSPS) is 11.0. The third-order valence-corrected chi connectivity index (χ3v) is 3.23. The minimum Gasteiger partial charge on any atom is -0.295 e. The molecule has 120 valence electrons. The smallest absolute Gasteiger partial charge is 0.292 e. The van der Waals surface area contributed by atoms with Crippen molar-refractivity contribution in [3.8, 4) is 11.3 Å². The molecule has 1 heterocycles. The first kappa shape index (κ1) is 15.3. The minimum atomic E-state index is -0.565. The number of hydrogen-bond donors (Lipinski definition) is 2. The van der Waals surface area contributed by atoms with Crippen molar-refractivity contribution in [2.75, 3.05) is 0 Å². The number of aromatic nitrogens is 2. The first-order valence-electron chi connectivity index (χ1n) is 6.78. The molecule has 3 aromatic rings. The summed E-state index contributed by atoms with van der Waals surface area (Å²) >= 11 is 0. The number of aromatic amines is 2. The van der Waals surface area contributed by atoms with Gasteiger partial charge in [-0.25, -0.2) is 4.39 Å². The Morgan fingerprint density at radius 3 is 2.38 bits per heavy atom. The van der Waals surface area contributed by atoms with Crippen molar-refractivity contribution in [3.63, 3.8) is 0 Å². The molecule has 0 saturated heterocycles. The van der Waals surface area contributed by atoms with Crippen LogP contribution in [0.15, 0.2) is 63.6 Å². The third kappa shape index (κ3) is 2.95. The van der Waals surface area contributed by atoms with Gasteiger partial charge in [-0.2, -0.15) is 0 Å². The Morgan fingerprint density at radius 2 is 1.71 bits per heavy atom. The van der Waals surface area contributed by atoms with Gasteiger partial charge < -0.3 is 0 Å². The summed E-state index contributed by atoms with van der Waals surface area (Å²) in [6, 6.07) is 11.3. The summed E-state index contributed by atoms with van der Waals surface area (Å²) in [5.74, 6) is -0.565. The number of nitro groups is 1. The van der Waals surface area contributed by atoms with E-state index >= 15 is 0 Å². The second-order valence-corrected chi connectivity index (χ2v) is 4.76. The van der Waals surface area contributed by atoms with Gasteiger partial charge in [-0.3, -0.25) is 25.1 Å². The van der Waals surface area contributed by atoms with Crippen molar-refractivity contribution in [2.45, 2.75) is 0 Å². The van der Waals surface area contributed by atoms with Crippen LogP contribution in [-0.4, -0.2) is 15.1 Å². The van der Waals surface area contributed by atoms with Gasteiger partial charge in [0.25, 0.3) is 11.2 Å². The number of benzene rings is 2. The largest absolute Gasteiger partial charge is 0.295 e. The molecule has 24 heavy (non-hydrogen) atoms. The van der Waals surface area contributed by atoms with E-state index in [-0.39, 0.29) is 17.1 Å². The Hall–Kier alpha value is -3.62. The lowest BCUT2D eigenvalue weighted by molar-refractivity contribution is -0.384. The summed E-state index contributed by atoms with van der Waals surface area (Å²) in [6.45, 7) is 0. The molecule has 0 aliphatic heterocycles. The molecule has 0 saturated carbocycles. The Bertz CT molecular complexity index is 975. The molecule has 0 bridgehead atoms. The van der Waals surface area contributed by atoms with E-state index in [0.717, 1.165) is 0 Å². The topological polar surface area (TPSA) is 117 Å². The number of H-pyrrole nitrogens is 2. The highest BCUT2D eigenvalue weighted by molar-refractivity contribution is 5.71. The number of nitrogens with zero attached hydrogens (tertiary/aromatic N) is 3. The van der Waals surface area contributed by atoms with Gasteiger partial charge in [0.05, 0.1) is 10.6 Å². The molecule has 0 atom stereocenters. The van der Waals surface area contributed by atoms with Crippen LogP contribution in [0.25, 0.3) is 11.3 Å². The van der Waals surface area contributed by atoms with Gasteiger partial charge in [0, 0.05) is 17.7 Å². The fraction of sp³-hybridized carbons (Fsp3) is 0. The summed E-state index contributed by atoms with van der Waals surface area (Å²) in [6.07, 6.45) is 0. The van der Waals surface area contributed by atoms with Crippen molar-refractivity contribution in [2.24, 2.45) is 10.2 Å². The van der Waals surface area contributed by atoms with Crippen LogP contribution in [0, 0.1) is 15.9 Å².